The predicted octanol–water partition coefficient (Wildman–Crippen LogP) is 3.45. The number of benzene rings is 4. The van der Waals surface area contributed by atoms with Crippen LogP contribution >= 0.6 is 0 Å². The van der Waals surface area contributed by atoms with Crippen LogP contribution in [0.3, 0.4) is 0 Å². The summed E-state index contributed by atoms with van der Waals surface area (Å²) in [5.41, 5.74) is -2.78. The first kappa shape index (κ1) is 31.2. The van der Waals surface area contributed by atoms with Gasteiger partial charge in [0.15, 0.2) is 0 Å². The number of hydrogen-bond donors (Lipinski definition) is 0. The summed E-state index contributed by atoms with van der Waals surface area (Å²) in [7, 11) is 1.53. The van der Waals surface area contributed by atoms with E-state index < -0.39 is 66.1 Å². The first-order valence-electron chi connectivity index (χ1n) is 13.9. The van der Waals surface area contributed by atoms with Gasteiger partial charge in [-0.2, -0.15) is 0 Å². The average molecular weight is 658 g/mol. The van der Waals surface area contributed by atoms with Gasteiger partial charge in [-0.05, 0) is 17.8 Å². The van der Waals surface area contributed by atoms with Gasteiger partial charge in [-0.15, -0.1) is 0 Å². The highest BCUT2D eigenvalue weighted by Gasteiger charge is 2.38. The molecule has 19 nitrogen and oxygen atoms in total. The molecule has 0 spiro atoms. The molecule has 0 atom stereocenters. The summed E-state index contributed by atoms with van der Waals surface area (Å²) in [6, 6.07) is 8.12. The molecule has 6 rings (SSSR count). The summed E-state index contributed by atoms with van der Waals surface area (Å²) in [6.07, 6.45) is 0. The Morgan fingerprint density at radius 3 is 0.979 bits per heavy atom. The molecular weight excluding hydrogens is 638 g/mol. The minimum Gasteiger partial charge on any atom is -0.303 e. The van der Waals surface area contributed by atoms with Crippen molar-refractivity contribution in [1.82, 2.24) is 14.7 Å². The molecule has 0 saturated carbocycles. The highest BCUT2D eigenvalue weighted by molar-refractivity contribution is 6.27. The first-order chi connectivity index (χ1) is 22.7. The van der Waals surface area contributed by atoms with E-state index in [1.54, 1.807) is 4.90 Å². The van der Waals surface area contributed by atoms with Gasteiger partial charge in [0.2, 0.25) is 0 Å². The molecule has 0 saturated heterocycles. The standard InChI is InChI=1S/C29H19N7O12/c1-30(2-4-31-26(37)20-10-16(33(41)42)6-14-7-17(34(43)44)11-21(24(14)20)27(31)38)3-5-32-28(39)22-12-18(35(45)46)8-15-9-19(36(47)48)13-23(25(15)22)29(32)40/h6-13H,2-5H2,1H3. The van der Waals surface area contributed by atoms with Crippen LogP contribution in [0.15, 0.2) is 48.5 Å². The Kier molecular flexibility index (Phi) is 7.31. The number of nitrogens with zero attached hydrogens (tertiary/aromatic N) is 7. The minimum atomic E-state index is -0.863. The number of amides is 4. The van der Waals surface area contributed by atoms with Gasteiger partial charge in [0, 0.05) is 85.5 Å². The summed E-state index contributed by atoms with van der Waals surface area (Å²) in [5.74, 6) is -3.45. The molecule has 2 heterocycles. The van der Waals surface area contributed by atoms with Crippen molar-refractivity contribution in [2.75, 3.05) is 33.2 Å². The Balaban J connectivity index is 1.23. The third-order valence-corrected chi connectivity index (χ3v) is 8.19. The third-order valence-electron chi connectivity index (χ3n) is 8.19. The zero-order chi connectivity index (χ0) is 34.8. The fourth-order valence-electron chi connectivity index (χ4n) is 5.89. The zero-order valence-electron chi connectivity index (χ0n) is 24.5. The fraction of sp³-hybridized carbons (Fsp3) is 0.172. The largest absolute Gasteiger partial charge is 0.303 e. The van der Waals surface area contributed by atoms with Crippen molar-refractivity contribution in [3.63, 3.8) is 0 Å². The maximum Gasteiger partial charge on any atom is 0.270 e. The Labute approximate surface area is 266 Å². The van der Waals surface area contributed by atoms with Crippen LogP contribution in [0.5, 0.6) is 0 Å². The molecule has 19 heteroatoms. The van der Waals surface area contributed by atoms with E-state index in [0.29, 0.717) is 0 Å². The number of nitro groups is 4. The van der Waals surface area contributed by atoms with Crippen LogP contribution in [-0.4, -0.2) is 91.2 Å². The quantitative estimate of drug-likeness (QED) is 0.135. The fourth-order valence-corrected chi connectivity index (χ4v) is 5.89. The molecule has 0 aliphatic carbocycles. The molecular formula is C29H19N7O12. The van der Waals surface area contributed by atoms with Gasteiger partial charge in [0.1, 0.15) is 0 Å². The minimum absolute atomic E-state index is 0.0225. The molecule has 2 aliphatic rings. The average Bonchev–Trinajstić information content (AvgIpc) is 3.04. The second-order valence-electron chi connectivity index (χ2n) is 11.0. The molecule has 4 amide bonds. The Morgan fingerprint density at radius 1 is 0.500 bits per heavy atom. The van der Waals surface area contributed by atoms with Crippen LogP contribution in [0.2, 0.25) is 0 Å². The summed E-state index contributed by atoms with van der Waals surface area (Å²) < 4.78 is 0. The smallest absolute Gasteiger partial charge is 0.270 e. The van der Waals surface area contributed by atoms with E-state index in [1.165, 1.54) is 7.05 Å². The Hall–Kier alpha value is -6.76. The highest BCUT2D eigenvalue weighted by Crippen LogP contribution is 2.38. The summed E-state index contributed by atoms with van der Waals surface area (Å²) in [4.78, 5) is 99.8. The van der Waals surface area contributed by atoms with E-state index in [0.717, 1.165) is 58.3 Å². The van der Waals surface area contributed by atoms with Gasteiger partial charge < -0.3 is 4.90 Å². The van der Waals surface area contributed by atoms with Crippen molar-refractivity contribution in [1.29, 1.82) is 0 Å². The van der Waals surface area contributed by atoms with E-state index in [2.05, 4.69) is 0 Å². The third kappa shape index (κ3) is 4.99. The van der Waals surface area contributed by atoms with E-state index in [4.69, 9.17) is 0 Å². The maximum atomic E-state index is 13.4. The molecule has 242 valence electrons. The van der Waals surface area contributed by atoms with Crippen molar-refractivity contribution >= 4 is 67.9 Å². The second-order valence-corrected chi connectivity index (χ2v) is 11.0. The molecule has 4 aromatic rings. The molecule has 48 heavy (non-hydrogen) atoms. The van der Waals surface area contributed by atoms with Crippen molar-refractivity contribution < 1.29 is 38.9 Å². The number of hydrogen-bond acceptors (Lipinski definition) is 13. The summed E-state index contributed by atoms with van der Waals surface area (Å²) in [6.45, 7) is -0.663. The molecule has 0 radical (unpaired) electrons. The predicted molar refractivity (Wildman–Crippen MR) is 163 cm³/mol. The van der Waals surface area contributed by atoms with Crippen LogP contribution in [0.25, 0.3) is 21.5 Å². The Morgan fingerprint density at radius 2 is 0.750 bits per heavy atom. The second kappa shape index (κ2) is 11.2. The maximum absolute atomic E-state index is 13.4. The van der Waals surface area contributed by atoms with Gasteiger partial charge in [-0.25, -0.2) is 0 Å². The number of imide groups is 2. The molecule has 2 aliphatic heterocycles. The van der Waals surface area contributed by atoms with Gasteiger partial charge in [0.05, 0.1) is 41.9 Å². The van der Waals surface area contributed by atoms with E-state index in [-0.39, 0.29) is 70.0 Å². The van der Waals surface area contributed by atoms with Crippen LogP contribution in [0.1, 0.15) is 41.4 Å². The number of carbonyl (C=O) groups is 4. The molecule has 0 bridgehead atoms. The molecule has 0 fully saturated rings. The normalized spacial score (nSPS) is 14.0. The zero-order valence-corrected chi connectivity index (χ0v) is 24.5. The number of likely N-dealkylation sites (N-methyl/N-ethyl adjacent to an activating group) is 1. The van der Waals surface area contributed by atoms with Crippen LogP contribution < -0.4 is 0 Å². The van der Waals surface area contributed by atoms with E-state index >= 15 is 0 Å². The van der Waals surface area contributed by atoms with Crippen molar-refractivity contribution in [3.8, 4) is 0 Å². The number of carbonyl (C=O) groups excluding carboxylic acids is 4. The lowest BCUT2D eigenvalue weighted by Gasteiger charge is -2.30. The summed E-state index contributed by atoms with van der Waals surface area (Å²) >= 11 is 0. The molecule has 0 N–H and O–H groups in total. The highest BCUT2D eigenvalue weighted by atomic mass is 16.6. The Bertz CT molecular complexity index is 1940. The van der Waals surface area contributed by atoms with Crippen molar-refractivity contribution in [2.24, 2.45) is 0 Å². The summed E-state index contributed by atoms with van der Waals surface area (Å²) in [5, 5.41) is 46.1. The number of rotatable bonds is 10. The van der Waals surface area contributed by atoms with Crippen LogP contribution in [-0.2, 0) is 0 Å². The lowest BCUT2D eigenvalue weighted by atomic mass is 9.92. The molecule has 0 unspecified atom stereocenters. The topological polar surface area (TPSA) is 251 Å². The van der Waals surface area contributed by atoms with Crippen molar-refractivity contribution in [2.45, 2.75) is 0 Å². The lowest BCUT2D eigenvalue weighted by Crippen LogP contribution is -2.47. The van der Waals surface area contributed by atoms with E-state index in [9.17, 15) is 59.6 Å². The lowest BCUT2D eigenvalue weighted by molar-refractivity contribution is -0.385. The molecule has 4 aromatic carbocycles. The van der Waals surface area contributed by atoms with Gasteiger partial charge in [-0.1, -0.05) is 0 Å². The van der Waals surface area contributed by atoms with Crippen molar-refractivity contribution in [3.05, 3.63) is 111 Å². The number of non-ortho nitro benzene ring substituents is 4. The van der Waals surface area contributed by atoms with Gasteiger partial charge in [0.25, 0.3) is 46.4 Å². The van der Waals surface area contributed by atoms with E-state index in [1.807, 2.05) is 0 Å². The molecule has 0 aromatic heterocycles. The van der Waals surface area contributed by atoms with Gasteiger partial charge >= 0.3 is 0 Å². The monoisotopic (exact) mass is 657 g/mol. The van der Waals surface area contributed by atoms with Gasteiger partial charge in [-0.3, -0.25) is 69.4 Å². The van der Waals surface area contributed by atoms with Crippen LogP contribution in [0.4, 0.5) is 22.7 Å². The number of nitro benzene ring substituents is 4. The SMILES string of the molecule is CN(CCN1C(=O)c2cc([N+](=O)[O-])cc3cc([N+](=O)[O-])cc(c23)C1=O)CCN1C(=O)c2cc([N+](=O)[O-])cc3cc([N+](=O)[O-])cc(c23)C1=O. The van der Waals surface area contributed by atoms with Crippen LogP contribution in [0, 0.1) is 40.5 Å². The first-order valence-corrected chi connectivity index (χ1v) is 13.9.